The normalized spacial score (nSPS) is 15.6. The number of hydrogen-bond donors (Lipinski definition) is 1. The molecule has 0 spiro atoms. The number of aliphatic hydroxyl groups is 1. The Morgan fingerprint density at radius 1 is 1.50 bits per heavy atom. The van der Waals surface area contributed by atoms with Crippen molar-refractivity contribution in [1.29, 1.82) is 0 Å². The van der Waals surface area contributed by atoms with Crippen LogP contribution < -0.4 is 4.90 Å². The topological polar surface area (TPSA) is 23.5 Å². The Balaban J connectivity index is 2.35. The van der Waals surface area contributed by atoms with Crippen molar-refractivity contribution < 1.29 is 5.11 Å². The van der Waals surface area contributed by atoms with Crippen LogP contribution in [-0.2, 0) is 6.61 Å². The monoisotopic (exact) mass is 211 g/mol. The molecule has 2 nitrogen and oxygen atoms in total. The summed E-state index contributed by atoms with van der Waals surface area (Å²) in [5.74, 6) is 0. The van der Waals surface area contributed by atoms with Gasteiger partial charge in [0.15, 0.2) is 0 Å². The molecule has 1 aromatic carbocycles. The lowest BCUT2D eigenvalue weighted by Gasteiger charge is -2.22. The zero-order valence-corrected chi connectivity index (χ0v) is 8.96. The molecule has 76 valence electrons. The maximum atomic E-state index is 9.24. The number of aliphatic hydroxyl groups excluding tert-OH is 1. The summed E-state index contributed by atoms with van der Waals surface area (Å²) in [7, 11) is 2.06. The highest BCUT2D eigenvalue weighted by molar-refractivity contribution is 6.31. The molecule has 0 radical (unpaired) electrons. The second-order valence-electron chi connectivity index (χ2n) is 3.74. The number of rotatable bonds is 3. The molecule has 0 saturated heterocycles. The Bertz CT molecular complexity index is 336. The lowest BCUT2D eigenvalue weighted by Crippen LogP contribution is -2.20. The summed E-state index contributed by atoms with van der Waals surface area (Å²) in [5.41, 5.74) is 1.89. The summed E-state index contributed by atoms with van der Waals surface area (Å²) in [5, 5.41) is 9.89. The van der Waals surface area contributed by atoms with Crippen molar-refractivity contribution in [2.75, 3.05) is 11.9 Å². The second kappa shape index (κ2) is 3.79. The smallest absolute Gasteiger partial charge is 0.0716 e. The minimum absolute atomic E-state index is 0.00602. The van der Waals surface area contributed by atoms with E-state index in [2.05, 4.69) is 11.9 Å². The molecule has 1 N–H and O–H groups in total. The average molecular weight is 212 g/mol. The molecule has 0 bridgehead atoms. The third kappa shape index (κ3) is 1.72. The van der Waals surface area contributed by atoms with Gasteiger partial charge in [0.25, 0.3) is 0 Å². The molecule has 0 amide bonds. The van der Waals surface area contributed by atoms with E-state index in [9.17, 15) is 5.11 Å². The molecule has 1 aromatic rings. The fraction of sp³-hybridized carbons (Fsp3) is 0.455. The minimum Gasteiger partial charge on any atom is -0.392 e. The fourth-order valence-electron chi connectivity index (χ4n) is 1.69. The lowest BCUT2D eigenvalue weighted by atomic mass is 10.1. The molecule has 0 aliphatic heterocycles. The van der Waals surface area contributed by atoms with E-state index in [0.717, 1.165) is 11.3 Å². The van der Waals surface area contributed by atoms with Gasteiger partial charge in [0.2, 0.25) is 0 Å². The molecule has 0 aromatic heterocycles. The molecule has 0 heterocycles. The molecular formula is C11H14ClNO. The van der Waals surface area contributed by atoms with Gasteiger partial charge in [-0.2, -0.15) is 0 Å². The summed E-state index contributed by atoms with van der Waals surface area (Å²) in [6, 6.07) is 6.39. The van der Waals surface area contributed by atoms with Crippen molar-refractivity contribution in [3.8, 4) is 0 Å². The Labute approximate surface area is 89.1 Å². The van der Waals surface area contributed by atoms with Gasteiger partial charge in [-0.1, -0.05) is 17.7 Å². The summed E-state index contributed by atoms with van der Waals surface area (Å²) in [4.78, 5) is 2.21. The zero-order chi connectivity index (χ0) is 10.1. The predicted molar refractivity (Wildman–Crippen MR) is 58.8 cm³/mol. The van der Waals surface area contributed by atoms with Gasteiger partial charge >= 0.3 is 0 Å². The Morgan fingerprint density at radius 3 is 2.79 bits per heavy atom. The van der Waals surface area contributed by atoms with Crippen LogP contribution in [0.2, 0.25) is 5.02 Å². The number of benzene rings is 1. The minimum atomic E-state index is 0.00602. The van der Waals surface area contributed by atoms with Crippen molar-refractivity contribution >= 4 is 17.3 Å². The van der Waals surface area contributed by atoms with Gasteiger partial charge < -0.3 is 10.0 Å². The van der Waals surface area contributed by atoms with Crippen molar-refractivity contribution in [3.05, 3.63) is 28.8 Å². The van der Waals surface area contributed by atoms with Crippen molar-refractivity contribution in [2.24, 2.45) is 0 Å². The third-order valence-corrected chi connectivity index (χ3v) is 3.08. The number of halogens is 1. The molecule has 2 rings (SSSR count). The van der Waals surface area contributed by atoms with Crippen LogP contribution in [0.3, 0.4) is 0 Å². The largest absolute Gasteiger partial charge is 0.392 e. The molecule has 1 fully saturated rings. The molecule has 1 saturated carbocycles. The van der Waals surface area contributed by atoms with Crippen molar-refractivity contribution in [2.45, 2.75) is 25.5 Å². The standard InChI is InChI=1S/C11H14ClNO/c1-13(8-5-6-8)11-4-2-3-10(12)9(11)7-14/h2-4,8,14H,5-7H2,1H3. The lowest BCUT2D eigenvalue weighted by molar-refractivity contribution is 0.282. The van der Waals surface area contributed by atoms with Crippen LogP contribution in [0.25, 0.3) is 0 Å². The van der Waals surface area contributed by atoms with Crippen LogP contribution in [0, 0.1) is 0 Å². The second-order valence-corrected chi connectivity index (χ2v) is 4.14. The molecule has 0 atom stereocenters. The fourth-order valence-corrected chi connectivity index (χ4v) is 1.92. The van der Waals surface area contributed by atoms with Crippen molar-refractivity contribution in [3.63, 3.8) is 0 Å². The van der Waals surface area contributed by atoms with Gasteiger partial charge in [0, 0.05) is 29.4 Å². The van der Waals surface area contributed by atoms with E-state index in [0.29, 0.717) is 11.1 Å². The highest BCUT2D eigenvalue weighted by Crippen LogP contribution is 2.34. The van der Waals surface area contributed by atoms with Gasteiger partial charge in [0.05, 0.1) is 6.61 Å². The van der Waals surface area contributed by atoms with Crippen LogP contribution in [-0.4, -0.2) is 18.2 Å². The third-order valence-electron chi connectivity index (χ3n) is 2.73. The van der Waals surface area contributed by atoms with Gasteiger partial charge in [-0.15, -0.1) is 0 Å². The molecular weight excluding hydrogens is 198 g/mol. The first-order valence-corrected chi connectivity index (χ1v) is 5.23. The van der Waals surface area contributed by atoms with Crippen LogP contribution in [0.5, 0.6) is 0 Å². The molecule has 3 heteroatoms. The Kier molecular flexibility index (Phi) is 2.66. The van der Waals surface area contributed by atoms with Gasteiger partial charge in [-0.3, -0.25) is 0 Å². The van der Waals surface area contributed by atoms with Crippen LogP contribution in [0.4, 0.5) is 5.69 Å². The van der Waals surface area contributed by atoms with E-state index >= 15 is 0 Å². The SMILES string of the molecule is CN(c1cccc(Cl)c1CO)C1CC1. The number of anilines is 1. The van der Waals surface area contributed by atoms with E-state index in [1.807, 2.05) is 18.2 Å². The Hall–Kier alpha value is -0.730. The molecule has 0 unspecified atom stereocenters. The maximum absolute atomic E-state index is 9.24. The zero-order valence-electron chi connectivity index (χ0n) is 8.20. The molecule has 14 heavy (non-hydrogen) atoms. The highest BCUT2D eigenvalue weighted by atomic mass is 35.5. The summed E-state index contributed by atoms with van der Waals surface area (Å²) < 4.78 is 0. The van der Waals surface area contributed by atoms with Crippen LogP contribution in [0.15, 0.2) is 18.2 Å². The first-order valence-electron chi connectivity index (χ1n) is 4.85. The highest BCUT2D eigenvalue weighted by Gasteiger charge is 2.27. The van der Waals surface area contributed by atoms with Gasteiger partial charge in [-0.05, 0) is 25.0 Å². The van der Waals surface area contributed by atoms with Crippen LogP contribution >= 0.6 is 11.6 Å². The first kappa shape index (κ1) is 9.81. The summed E-state index contributed by atoms with van der Waals surface area (Å²) in [6.07, 6.45) is 2.49. The molecule has 1 aliphatic rings. The summed E-state index contributed by atoms with van der Waals surface area (Å²) >= 11 is 6.01. The van der Waals surface area contributed by atoms with Crippen molar-refractivity contribution in [1.82, 2.24) is 0 Å². The van der Waals surface area contributed by atoms with E-state index in [1.54, 1.807) is 0 Å². The van der Waals surface area contributed by atoms with Gasteiger partial charge in [0.1, 0.15) is 0 Å². The average Bonchev–Trinajstić information content (AvgIpc) is 2.99. The van der Waals surface area contributed by atoms with E-state index in [-0.39, 0.29) is 6.61 Å². The quantitative estimate of drug-likeness (QED) is 0.830. The molecule has 1 aliphatic carbocycles. The van der Waals surface area contributed by atoms with Gasteiger partial charge in [-0.25, -0.2) is 0 Å². The van der Waals surface area contributed by atoms with Crippen LogP contribution in [0.1, 0.15) is 18.4 Å². The number of nitrogens with zero attached hydrogens (tertiary/aromatic N) is 1. The Morgan fingerprint density at radius 2 is 2.21 bits per heavy atom. The predicted octanol–water partition coefficient (Wildman–Crippen LogP) is 2.43. The first-order chi connectivity index (χ1) is 6.74. The summed E-state index contributed by atoms with van der Waals surface area (Å²) in [6.45, 7) is 0.00602. The maximum Gasteiger partial charge on any atom is 0.0716 e. The van der Waals surface area contributed by atoms with E-state index < -0.39 is 0 Å². The van der Waals surface area contributed by atoms with E-state index in [1.165, 1.54) is 12.8 Å². The van der Waals surface area contributed by atoms with E-state index in [4.69, 9.17) is 11.6 Å². The number of hydrogen-bond acceptors (Lipinski definition) is 2.